The number of carbonyl (C=O) groups excluding carboxylic acids is 1. The van der Waals surface area contributed by atoms with Crippen LogP contribution in [0.15, 0.2) is 30.3 Å². The number of carbonyl (C=O) groups is 1. The first-order valence-corrected chi connectivity index (χ1v) is 10.0. The molecular formula is C22H33N3O2+2. The summed E-state index contributed by atoms with van der Waals surface area (Å²) in [5.41, 5.74) is 4.55. The highest BCUT2D eigenvalue weighted by Gasteiger charge is 2.26. The molecule has 2 N–H and O–H groups in total. The van der Waals surface area contributed by atoms with Crippen molar-refractivity contribution in [3.05, 3.63) is 52.8 Å². The molecule has 2 heterocycles. The van der Waals surface area contributed by atoms with Crippen LogP contribution in [0.25, 0.3) is 0 Å². The molecule has 0 unspecified atom stereocenters. The van der Waals surface area contributed by atoms with Gasteiger partial charge in [-0.1, -0.05) is 0 Å². The van der Waals surface area contributed by atoms with Gasteiger partial charge in [0.1, 0.15) is 45.0 Å². The molecule has 0 bridgehead atoms. The molecule has 0 atom stereocenters. The molecule has 5 heteroatoms. The lowest BCUT2D eigenvalue weighted by Gasteiger charge is -2.29. The molecule has 1 aliphatic heterocycles. The SMILES string of the molecule is CCn1c(C)cc(C(=O)C[NH+]2CC[NH+](Cc3ccc(OC)cc3)CC2)c1C. The third-order valence-corrected chi connectivity index (χ3v) is 5.88. The molecule has 0 aliphatic carbocycles. The number of piperazine rings is 1. The Bertz CT molecular complexity index is 772. The minimum atomic E-state index is 0.288. The first-order valence-electron chi connectivity index (χ1n) is 10.0. The average molecular weight is 372 g/mol. The smallest absolute Gasteiger partial charge is 0.218 e. The Morgan fingerprint density at radius 2 is 1.70 bits per heavy atom. The molecule has 27 heavy (non-hydrogen) atoms. The molecule has 2 aromatic rings. The zero-order valence-electron chi connectivity index (χ0n) is 17.1. The Balaban J connectivity index is 1.51. The van der Waals surface area contributed by atoms with Gasteiger partial charge in [0.2, 0.25) is 5.78 Å². The van der Waals surface area contributed by atoms with Gasteiger partial charge >= 0.3 is 0 Å². The molecule has 1 aliphatic rings. The molecule has 0 saturated carbocycles. The predicted octanol–water partition coefficient (Wildman–Crippen LogP) is 0.300. The van der Waals surface area contributed by atoms with Crippen molar-refractivity contribution in [1.29, 1.82) is 0 Å². The average Bonchev–Trinajstić information content (AvgIpc) is 2.97. The quantitative estimate of drug-likeness (QED) is 0.688. The topological polar surface area (TPSA) is 40.1 Å². The Morgan fingerprint density at radius 3 is 2.26 bits per heavy atom. The minimum absolute atomic E-state index is 0.288. The minimum Gasteiger partial charge on any atom is -0.497 e. The van der Waals surface area contributed by atoms with E-state index in [1.807, 2.05) is 12.1 Å². The molecule has 0 spiro atoms. The first-order chi connectivity index (χ1) is 13.0. The van der Waals surface area contributed by atoms with Gasteiger partial charge in [-0.05, 0) is 51.1 Å². The van der Waals surface area contributed by atoms with Crippen molar-refractivity contribution in [2.75, 3.05) is 39.8 Å². The van der Waals surface area contributed by atoms with E-state index >= 15 is 0 Å². The van der Waals surface area contributed by atoms with Gasteiger partial charge in [0.25, 0.3) is 0 Å². The number of hydrogen-bond acceptors (Lipinski definition) is 2. The van der Waals surface area contributed by atoms with Crippen LogP contribution in [-0.4, -0.2) is 50.2 Å². The first kappa shape index (κ1) is 19.6. The molecule has 0 amide bonds. The maximum absolute atomic E-state index is 12.8. The van der Waals surface area contributed by atoms with Gasteiger partial charge < -0.3 is 19.1 Å². The van der Waals surface area contributed by atoms with Crippen LogP contribution < -0.4 is 14.5 Å². The number of ether oxygens (including phenoxy) is 1. The second-order valence-corrected chi connectivity index (χ2v) is 7.65. The van der Waals surface area contributed by atoms with Crippen LogP contribution in [0.2, 0.25) is 0 Å². The summed E-state index contributed by atoms with van der Waals surface area (Å²) in [5, 5.41) is 0. The maximum atomic E-state index is 12.8. The zero-order chi connectivity index (χ0) is 19.4. The molecule has 0 radical (unpaired) electrons. The van der Waals surface area contributed by atoms with Crippen molar-refractivity contribution >= 4 is 5.78 Å². The summed E-state index contributed by atoms with van der Waals surface area (Å²) in [6, 6.07) is 10.4. The highest BCUT2D eigenvalue weighted by Crippen LogP contribution is 2.15. The molecule has 1 aromatic carbocycles. The van der Waals surface area contributed by atoms with Crippen molar-refractivity contribution < 1.29 is 19.3 Å². The molecule has 146 valence electrons. The Hall–Kier alpha value is -2.11. The maximum Gasteiger partial charge on any atom is 0.218 e. The van der Waals surface area contributed by atoms with E-state index < -0.39 is 0 Å². The van der Waals surface area contributed by atoms with Gasteiger partial charge in [-0.3, -0.25) is 4.79 Å². The summed E-state index contributed by atoms with van der Waals surface area (Å²) in [4.78, 5) is 15.8. The number of nitrogens with one attached hydrogen (secondary N) is 2. The number of methoxy groups -OCH3 is 1. The van der Waals surface area contributed by atoms with Gasteiger partial charge in [0.15, 0.2) is 0 Å². The summed E-state index contributed by atoms with van der Waals surface area (Å²) in [5.74, 6) is 1.19. The van der Waals surface area contributed by atoms with E-state index in [0.29, 0.717) is 6.54 Å². The van der Waals surface area contributed by atoms with E-state index in [1.54, 1.807) is 12.0 Å². The molecule has 1 aromatic heterocycles. The third kappa shape index (κ3) is 4.60. The lowest BCUT2D eigenvalue weighted by molar-refractivity contribution is -1.01. The molecular weight excluding hydrogens is 338 g/mol. The normalized spacial score (nSPS) is 19.9. The molecule has 3 rings (SSSR count). The van der Waals surface area contributed by atoms with Crippen LogP contribution in [0.3, 0.4) is 0 Å². The van der Waals surface area contributed by atoms with Gasteiger partial charge in [0.05, 0.1) is 7.11 Å². The lowest BCUT2D eigenvalue weighted by Crippen LogP contribution is -3.27. The van der Waals surface area contributed by atoms with Gasteiger partial charge in [-0.25, -0.2) is 0 Å². The Labute approximate surface area is 162 Å². The van der Waals surface area contributed by atoms with Gasteiger partial charge in [-0.2, -0.15) is 0 Å². The summed E-state index contributed by atoms with van der Waals surface area (Å²) in [6.07, 6.45) is 0. The number of quaternary nitrogens is 2. The predicted molar refractivity (Wildman–Crippen MR) is 107 cm³/mol. The van der Waals surface area contributed by atoms with Gasteiger partial charge in [-0.15, -0.1) is 0 Å². The number of benzene rings is 1. The fourth-order valence-electron chi connectivity index (χ4n) is 4.24. The van der Waals surface area contributed by atoms with Crippen LogP contribution in [0.1, 0.15) is 34.2 Å². The summed E-state index contributed by atoms with van der Waals surface area (Å²) in [6.45, 7) is 13.2. The van der Waals surface area contributed by atoms with Crippen molar-refractivity contribution in [2.24, 2.45) is 0 Å². The fourth-order valence-corrected chi connectivity index (χ4v) is 4.24. The monoisotopic (exact) mass is 371 g/mol. The van der Waals surface area contributed by atoms with Crippen LogP contribution in [0.4, 0.5) is 0 Å². The molecule has 1 fully saturated rings. The van der Waals surface area contributed by atoms with E-state index in [1.165, 1.54) is 16.2 Å². The largest absolute Gasteiger partial charge is 0.497 e. The number of ketones is 1. The van der Waals surface area contributed by atoms with Crippen LogP contribution in [0.5, 0.6) is 5.75 Å². The second kappa shape index (κ2) is 8.72. The number of aryl methyl sites for hydroxylation is 1. The van der Waals surface area contributed by atoms with E-state index in [2.05, 4.69) is 43.5 Å². The highest BCUT2D eigenvalue weighted by atomic mass is 16.5. The number of Topliss-reactive ketones (excluding diaryl/α,β-unsaturated/α-hetero) is 1. The van der Waals surface area contributed by atoms with Crippen LogP contribution >= 0.6 is 0 Å². The summed E-state index contributed by atoms with van der Waals surface area (Å²) in [7, 11) is 1.70. The Morgan fingerprint density at radius 1 is 1.07 bits per heavy atom. The number of rotatable bonds is 7. The van der Waals surface area contributed by atoms with Crippen molar-refractivity contribution in [2.45, 2.75) is 33.9 Å². The van der Waals surface area contributed by atoms with E-state index in [9.17, 15) is 4.79 Å². The van der Waals surface area contributed by atoms with Crippen molar-refractivity contribution in [3.63, 3.8) is 0 Å². The highest BCUT2D eigenvalue weighted by molar-refractivity contribution is 5.98. The third-order valence-electron chi connectivity index (χ3n) is 5.88. The number of aromatic nitrogens is 1. The van der Waals surface area contributed by atoms with Crippen molar-refractivity contribution in [1.82, 2.24) is 4.57 Å². The zero-order valence-corrected chi connectivity index (χ0v) is 17.1. The number of hydrogen-bond donors (Lipinski definition) is 2. The van der Waals surface area contributed by atoms with E-state index in [4.69, 9.17) is 4.74 Å². The standard InChI is InChI=1S/C22H31N3O2/c1-5-25-17(2)14-21(18(25)3)22(26)16-24-12-10-23(11-13-24)15-19-6-8-20(27-4)9-7-19/h6-9,14H,5,10-13,15-16H2,1-4H3/p+2. The molecule has 5 nitrogen and oxygen atoms in total. The van der Waals surface area contributed by atoms with Crippen LogP contribution in [-0.2, 0) is 13.1 Å². The van der Waals surface area contributed by atoms with Crippen molar-refractivity contribution in [3.8, 4) is 5.75 Å². The lowest BCUT2D eigenvalue weighted by atomic mass is 10.1. The van der Waals surface area contributed by atoms with Crippen LogP contribution in [0, 0.1) is 13.8 Å². The summed E-state index contributed by atoms with van der Waals surface area (Å²) >= 11 is 0. The second-order valence-electron chi connectivity index (χ2n) is 7.65. The fraction of sp³-hybridized carbons (Fsp3) is 0.500. The summed E-state index contributed by atoms with van der Waals surface area (Å²) < 4.78 is 7.45. The Kier molecular flexibility index (Phi) is 6.34. The van der Waals surface area contributed by atoms with E-state index in [-0.39, 0.29) is 5.78 Å². The number of nitrogens with zero attached hydrogens (tertiary/aromatic N) is 1. The van der Waals surface area contributed by atoms with Gasteiger partial charge in [0, 0.05) is 29.1 Å². The molecule has 1 saturated heterocycles. The van der Waals surface area contributed by atoms with E-state index in [0.717, 1.165) is 56.3 Å².